The molecule has 1 aromatic heterocycles. The maximum Gasteiger partial charge on any atom is 0.123 e. The molecule has 4 heteroatoms. The minimum Gasteiger partial charge on any atom is -0.497 e. The molecule has 0 amide bonds. The third-order valence-electron chi connectivity index (χ3n) is 2.85. The van der Waals surface area contributed by atoms with Crippen LogP contribution in [0.5, 0.6) is 5.75 Å². The molecule has 0 aliphatic carbocycles. The Morgan fingerprint density at radius 1 is 1.17 bits per heavy atom. The Labute approximate surface area is 106 Å². The van der Waals surface area contributed by atoms with Crippen molar-refractivity contribution in [1.29, 1.82) is 0 Å². The van der Waals surface area contributed by atoms with Gasteiger partial charge in [0.1, 0.15) is 11.9 Å². The van der Waals surface area contributed by atoms with E-state index in [1.54, 1.807) is 19.5 Å². The summed E-state index contributed by atoms with van der Waals surface area (Å²) in [4.78, 5) is 8.34. The lowest BCUT2D eigenvalue weighted by Gasteiger charge is -2.14. The van der Waals surface area contributed by atoms with E-state index in [9.17, 15) is 5.11 Å². The predicted molar refractivity (Wildman–Crippen MR) is 68.6 cm³/mol. The Balaban J connectivity index is 2.33. The largest absolute Gasteiger partial charge is 0.497 e. The number of hydrogen-bond donors (Lipinski definition) is 1. The lowest BCUT2D eigenvalue weighted by molar-refractivity contribution is 0.214. The molecule has 1 aromatic carbocycles. The number of benzene rings is 1. The summed E-state index contributed by atoms with van der Waals surface area (Å²) in [5.41, 5.74) is 3.16. The first kappa shape index (κ1) is 12.5. The predicted octanol–water partition coefficient (Wildman–Crippen LogP) is 2.18. The van der Waals surface area contributed by atoms with Crippen molar-refractivity contribution in [2.24, 2.45) is 0 Å². The second-order valence-electron chi connectivity index (χ2n) is 4.21. The summed E-state index contributed by atoms with van der Waals surface area (Å²) in [7, 11) is 1.62. The molecule has 0 spiro atoms. The SMILES string of the molecule is COc1ccc(C(O)c2cnc(C)cn2)c(C)c1. The van der Waals surface area contributed by atoms with Gasteiger partial charge in [-0.1, -0.05) is 6.07 Å². The van der Waals surface area contributed by atoms with Crippen molar-refractivity contribution in [1.82, 2.24) is 9.97 Å². The van der Waals surface area contributed by atoms with Crippen molar-refractivity contribution in [2.45, 2.75) is 20.0 Å². The van der Waals surface area contributed by atoms with E-state index in [-0.39, 0.29) is 0 Å². The number of methoxy groups -OCH3 is 1. The Kier molecular flexibility index (Phi) is 3.58. The summed E-state index contributed by atoms with van der Waals surface area (Å²) in [5.74, 6) is 0.776. The molecule has 94 valence electrons. The first-order valence-electron chi connectivity index (χ1n) is 5.73. The molecule has 1 heterocycles. The van der Waals surface area contributed by atoms with Crippen LogP contribution in [0.25, 0.3) is 0 Å². The minimum absolute atomic E-state index is 0.550. The topological polar surface area (TPSA) is 55.2 Å². The highest BCUT2D eigenvalue weighted by Gasteiger charge is 2.14. The van der Waals surface area contributed by atoms with Crippen molar-refractivity contribution >= 4 is 0 Å². The molecule has 0 bridgehead atoms. The number of rotatable bonds is 3. The molecule has 2 aromatic rings. The van der Waals surface area contributed by atoms with Crippen LogP contribution in [0.1, 0.15) is 28.6 Å². The van der Waals surface area contributed by atoms with E-state index in [0.717, 1.165) is 22.6 Å². The summed E-state index contributed by atoms with van der Waals surface area (Å²) in [6.07, 6.45) is 2.49. The first-order valence-corrected chi connectivity index (χ1v) is 5.73. The summed E-state index contributed by atoms with van der Waals surface area (Å²) in [6, 6.07) is 5.56. The van der Waals surface area contributed by atoms with Gasteiger partial charge in [0.05, 0.1) is 24.7 Å². The smallest absolute Gasteiger partial charge is 0.123 e. The van der Waals surface area contributed by atoms with Crippen LogP contribution in [0.15, 0.2) is 30.6 Å². The van der Waals surface area contributed by atoms with Gasteiger partial charge >= 0.3 is 0 Å². The third kappa shape index (κ3) is 2.49. The van der Waals surface area contributed by atoms with Gasteiger partial charge in [-0.3, -0.25) is 9.97 Å². The Bertz CT molecular complexity index is 538. The molecule has 1 unspecified atom stereocenters. The highest BCUT2D eigenvalue weighted by Crippen LogP contribution is 2.26. The number of nitrogens with zero attached hydrogens (tertiary/aromatic N) is 2. The van der Waals surface area contributed by atoms with Crippen LogP contribution in [0, 0.1) is 13.8 Å². The summed E-state index contributed by atoms with van der Waals surface area (Å²) in [6.45, 7) is 3.80. The molecule has 0 saturated carbocycles. The molecule has 1 atom stereocenters. The van der Waals surface area contributed by atoms with Gasteiger partial charge in [-0.15, -0.1) is 0 Å². The van der Waals surface area contributed by atoms with Crippen LogP contribution >= 0.6 is 0 Å². The van der Waals surface area contributed by atoms with Gasteiger partial charge in [-0.25, -0.2) is 0 Å². The molecule has 0 radical (unpaired) electrons. The number of aliphatic hydroxyl groups excluding tert-OH is 1. The lowest BCUT2D eigenvalue weighted by Crippen LogP contribution is -2.05. The molecule has 2 rings (SSSR count). The summed E-state index contributed by atoms with van der Waals surface area (Å²) >= 11 is 0. The fourth-order valence-electron chi connectivity index (χ4n) is 1.79. The van der Waals surface area contributed by atoms with E-state index >= 15 is 0 Å². The fourth-order valence-corrected chi connectivity index (χ4v) is 1.79. The average molecular weight is 244 g/mol. The highest BCUT2D eigenvalue weighted by atomic mass is 16.5. The zero-order valence-electron chi connectivity index (χ0n) is 10.7. The second kappa shape index (κ2) is 5.14. The molecule has 0 aliphatic heterocycles. The lowest BCUT2D eigenvalue weighted by atomic mass is 10.0. The van der Waals surface area contributed by atoms with E-state index in [1.165, 1.54) is 0 Å². The Morgan fingerprint density at radius 3 is 2.50 bits per heavy atom. The average Bonchev–Trinajstić information content (AvgIpc) is 2.38. The number of aryl methyl sites for hydroxylation is 2. The van der Waals surface area contributed by atoms with Gasteiger partial charge in [0.15, 0.2) is 0 Å². The van der Waals surface area contributed by atoms with Crippen LogP contribution in [0.2, 0.25) is 0 Å². The summed E-state index contributed by atoms with van der Waals surface area (Å²) < 4.78 is 5.14. The van der Waals surface area contributed by atoms with Gasteiger partial charge in [0.2, 0.25) is 0 Å². The molecule has 0 aliphatic rings. The number of aliphatic hydroxyl groups is 1. The van der Waals surface area contributed by atoms with Gasteiger partial charge < -0.3 is 9.84 Å². The van der Waals surface area contributed by atoms with Crippen molar-refractivity contribution in [2.75, 3.05) is 7.11 Å². The maximum atomic E-state index is 10.3. The van der Waals surface area contributed by atoms with Crippen molar-refractivity contribution in [3.8, 4) is 5.75 Å². The Morgan fingerprint density at radius 2 is 1.94 bits per heavy atom. The maximum absolute atomic E-state index is 10.3. The van der Waals surface area contributed by atoms with E-state index in [1.807, 2.05) is 32.0 Å². The van der Waals surface area contributed by atoms with Crippen LogP contribution in [0.3, 0.4) is 0 Å². The first-order chi connectivity index (χ1) is 8.61. The number of hydrogen-bond acceptors (Lipinski definition) is 4. The van der Waals surface area contributed by atoms with Gasteiger partial charge in [0, 0.05) is 6.20 Å². The fraction of sp³-hybridized carbons (Fsp3) is 0.286. The zero-order chi connectivity index (χ0) is 13.1. The molecular formula is C14H16N2O2. The van der Waals surface area contributed by atoms with Gasteiger partial charge in [-0.2, -0.15) is 0 Å². The number of ether oxygens (including phenoxy) is 1. The monoisotopic (exact) mass is 244 g/mol. The molecule has 0 saturated heterocycles. The summed E-state index contributed by atoms with van der Waals surface area (Å²) in [5, 5.41) is 10.3. The molecule has 18 heavy (non-hydrogen) atoms. The van der Waals surface area contributed by atoms with E-state index in [0.29, 0.717) is 5.69 Å². The Hall–Kier alpha value is -1.94. The van der Waals surface area contributed by atoms with Crippen molar-refractivity contribution in [3.63, 3.8) is 0 Å². The molecular weight excluding hydrogens is 228 g/mol. The third-order valence-corrected chi connectivity index (χ3v) is 2.85. The van der Waals surface area contributed by atoms with Gasteiger partial charge in [0.25, 0.3) is 0 Å². The minimum atomic E-state index is -0.760. The zero-order valence-corrected chi connectivity index (χ0v) is 10.7. The van der Waals surface area contributed by atoms with E-state index in [4.69, 9.17) is 4.74 Å². The molecule has 4 nitrogen and oxygen atoms in total. The van der Waals surface area contributed by atoms with E-state index < -0.39 is 6.10 Å². The van der Waals surface area contributed by atoms with Gasteiger partial charge in [-0.05, 0) is 37.1 Å². The second-order valence-corrected chi connectivity index (χ2v) is 4.21. The van der Waals surface area contributed by atoms with Crippen LogP contribution in [-0.2, 0) is 0 Å². The van der Waals surface area contributed by atoms with E-state index in [2.05, 4.69) is 9.97 Å². The quantitative estimate of drug-likeness (QED) is 0.899. The number of aromatic nitrogens is 2. The van der Waals surface area contributed by atoms with Crippen LogP contribution in [-0.4, -0.2) is 22.2 Å². The van der Waals surface area contributed by atoms with Crippen molar-refractivity contribution < 1.29 is 9.84 Å². The van der Waals surface area contributed by atoms with Crippen LogP contribution < -0.4 is 4.74 Å². The highest BCUT2D eigenvalue weighted by molar-refractivity contribution is 5.38. The standard InChI is InChI=1S/C14H16N2O2/c1-9-6-11(18-3)4-5-12(9)14(17)13-8-15-10(2)7-16-13/h4-8,14,17H,1-3H3. The molecule has 1 N–H and O–H groups in total. The normalized spacial score (nSPS) is 12.2. The molecule has 0 fully saturated rings. The van der Waals surface area contributed by atoms with Crippen molar-refractivity contribution in [3.05, 3.63) is 53.1 Å². The van der Waals surface area contributed by atoms with Crippen LogP contribution in [0.4, 0.5) is 0 Å².